The molecule has 2 rings (SSSR count). The molecule has 0 saturated carbocycles. The van der Waals surface area contributed by atoms with Crippen LogP contribution in [0.4, 0.5) is 0 Å². The van der Waals surface area contributed by atoms with Gasteiger partial charge in [0.2, 0.25) is 0 Å². The molecule has 1 aromatic heterocycles. The predicted molar refractivity (Wildman–Crippen MR) is 86.5 cm³/mol. The lowest BCUT2D eigenvalue weighted by molar-refractivity contribution is 0.242. The van der Waals surface area contributed by atoms with Gasteiger partial charge in [-0.3, -0.25) is 4.90 Å². The monoisotopic (exact) mass is 338 g/mol. The Bertz CT molecular complexity index is 525. The molecule has 4 heteroatoms. The van der Waals surface area contributed by atoms with Crippen LogP contribution in [0.15, 0.2) is 39.5 Å². The zero-order valence-corrected chi connectivity index (χ0v) is 13.7. The van der Waals surface area contributed by atoms with E-state index < -0.39 is 0 Å². The summed E-state index contributed by atoms with van der Waals surface area (Å²) in [5.41, 5.74) is 9.85. The number of likely N-dealkylation sites (N-methyl/N-ethyl adjacent to an activating group) is 1. The van der Waals surface area contributed by atoms with Crippen LogP contribution in [0, 0.1) is 6.92 Å². The molecule has 0 radical (unpaired) electrons. The average molecular weight is 339 g/mol. The number of halogens is 1. The molecule has 19 heavy (non-hydrogen) atoms. The molecule has 1 aromatic carbocycles. The molecule has 0 spiro atoms. The van der Waals surface area contributed by atoms with Gasteiger partial charge >= 0.3 is 0 Å². The zero-order valence-electron chi connectivity index (χ0n) is 11.3. The van der Waals surface area contributed by atoms with Crippen LogP contribution in [-0.2, 0) is 6.54 Å². The first-order valence-corrected chi connectivity index (χ1v) is 8.03. The fraction of sp³-hybridized carbons (Fsp3) is 0.333. The highest BCUT2D eigenvalue weighted by atomic mass is 79.9. The summed E-state index contributed by atoms with van der Waals surface area (Å²) < 4.78 is 1.15. The number of benzene rings is 1. The Balaban J connectivity index is 2.16. The van der Waals surface area contributed by atoms with Gasteiger partial charge in [0.05, 0.1) is 0 Å². The summed E-state index contributed by atoms with van der Waals surface area (Å²) in [4.78, 5) is 2.31. The zero-order chi connectivity index (χ0) is 13.8. The minimum absolute atomic E-state index is 0.256. The lowest BCUT2D eigenvalue weighted by Gasteiger charge is -2.27. The number of hydrogen-bond donors (Lipinski definition) is 1. The van der Waals surface area contributed by atoms with Crippen LogP contribution in [0.5, 0.6) is 0 Å². The lowest BCUT2D eigenvalue weighted by Crippen LogP contribution is -2.30. The van der Waals surface area contributed by atoms with Crippen molar-refractivity contribution in [2.24, 2.45) is 5.73 Å². The van der Waals surface area contributed by atoms with Crippen LogP contribution in [0.2, 0.25) is 0 Å². The van der Waals surface area contributed by atoms with E-state index >= 15 is 0 Å². The van der Waals surface area contributed by atoms with E-state index in [0.717, 1.165) is 11.0 Å². The van der Waals surface area contributed by atoms with E-state index in [1.807, 2.05) is 0 Å². The quantitative estimate of drug-likeness (QED) is 0.894. The summed E-state index contributed by atoms with van der Waals surface area (Å²) in [6, 6.07) is 8.89. The van der Waals surface area contributed by atoms with E-state index in [4.69, 9.17) is 5.73 Å². The molecule has 1 unspecified atom stereocenters. The van der Waals surface area contributed by atoms with Gasteiger partial charge in [0.15, 0.2) is 0 Å². The predicted octanol–water partition coefficient (Wildman–Crippen LogP) is 3.95. The Kier molecular flexibility index (Phi) is 5.16. The molecule has 0 aliphatic carbocycles. The third-order valence-electron chi connectivity index (χ3n) is 3.33. The molecule has 2 nitrogen and oxygen atoms in total. The van der Waals surface area contributed by atoms with E-state index in [1.165, 1.54) is 16.7 Å². The summed E-state index contributed by atoms with van der Waals surface area (Å²) in [6.45, 7) is 3.67. The summed E-state index contributed by atoms with van der Waals surface area (Å²) in [5.74, 6) is 0. The molecule has 0 bridgehead atoms. The first-order valence-electron chi connectivity index (χ1n) is 6.29. The van der Waals surface area contributed by atoms with Gasteiger partial charge in [-0.2, -0.15) is 11.3 Å². The fourth-order valence-corrected chi connectivity index (χ4v) is 3.13. The van der Waals surface area contributed by atoms with Crippen molar-refractivity contribution in [2.45, 2.75) is 19.5 Å². The third-order valence-corrected chi connectivity index (χ3v) is 4.96. The molecule has 2 aromatic rings. The van der Waals surface area contributed by atoms with Crippen molar-refractivity contribution in [3.8, 4) is 0 Å². The van der Waals surface area contributed by atoms with Crippen molar-refractivity contribution in [3.05, 3.63) is 56.2 Å². The van der Waals surface area contributed by atoms with Crippen LogP contribution >= 0.6 is 27.3 Å². The number of nitrogens with zero attached hydrogens (tertiary/aromatic N) is 1. The number of rotatable bonds is 5. The van der Waals surface area contributed by atoms with Crippen molar-refractivity contribution in [1.29, 1.82) is 0 Å². The fourth-order valence-electron chi connectivity index (χ4n) is 2.23. The first kappa shape index (κ1) is 14.7. The van der Waals surface area contributed by atoms with Gasteiger partial charge in [0.25, 0.3) is 0 Å². The summed E-state index contributed by atoms with van der Waals surface area (Å²) in [7, 11) is 2.13. The van der Waals surface area contributed by atoms with Gasteiger partial charge in [-0.15, -0.1) is 0 Å². The van der Waals surface area contributed by atoms with E-state index in [0.29, 0.717) is 6.54 Å². The molecule has 0 fully saturated rings. The van der Waals surface area contributed by atoms with E-state index in [1.54, 1.807) is 11.3 Å². The minimum atomic E-state index is 0.256. The average Bonchev–Trinajstić information content (AvgIpc) is 2.87. The number of nitrogens with two attached hydrogens (primary N) is 1. The molecule has 1 atom stereocenters. The second-order valence-electron chi connectivity index (χ2n) is 4.81. The standard InChI is InChI=1S/C15H19BrN2S/c1-11-7-13(3-4-14(11)16)15(8-17)18(2)9-12-5-6-19-10-12/h3-7,10,15H,8-9,17H2,1-2H3. The van der Waals surface area contributed by atoms with E-state index in [2.05, 4.69) is 69.8 Å². The summed E-state index contributed by atoms with van der Waals surface area (Å²) in [6.07, 6.45) is 0. The Hall–Kier alpha value is -0.680. The topological polar surface area (TPSA) is 29.3 Å². The minimum Gasteiger partial charge on any atom is -0.329 e. The Morgan fingerprint density at radius 1 is 1.37 bits per heavy atom. The largest absolute Gasteiger partial charge is 0.329 e. The Morgan fingerprint density at radius 2 is 2.16 bits per heavy atom. The van der Waals surface area contributed by atoms with Crippen molar-refractivity contribution in [3.63, 3.8) is 0 Å². The molecule has 1 heterocycles. The highest BCUT2D eigenvalue weighted by molar-refractivity contribution is 9.10. The maximum atomic E-state index is 5.97. The highest BCUT2D eigenvalue weighted by Crippen LogP contribution is 2.25. The maximum Gasteiger partial charge on any atom is 0.0471 e. The van der Waals surface area contributed by atoms with Crippen molar-refractivity contribution in [2.75, 3.05) is 13.6 Å². The Labute approximate surface area is 127 Å². The molecular formula is C15H19BrN2S. The van der Waals surface area contributed by atoms with Gasteiger partial charge in [-0.25, -0.2) is 0 Å². The summed E-state index contributed by atoms with van der Waals surface area (Å²) in [5, 5.41) is 4.31. The lowest BCUT2D eigenvalue weighted by atomic mass is 10.0. The maximum absolute atomic E-state index is 5.97. The van der Waals surface area contributed by atoms with E-state index in [-0.39, 0.29) is 6.04 Å². The van der Waals surface area contributed by atoms with Crippen LogP contribution in [0.3, 0.4) is 0 Å². The van der Waals surface area contributed by atoms with Crippen LogP contribution in [-0.4, -0.2) is 18.5 Å². The molecule has 0 aliphatic heterocycles. The normalized spacial score (nSPS) is 12.9. The Morgan fingerprint density at radius 3 is 2.74 bits per heavy atom. The molecular weight excluding hydrogens is 320 g/mol. The van der Waals surface area contributed by atoms with Crippen molar-refractivity contribution < 1.29 is 0 Å². The van der Waals surface area contributed by atoms with Gasteiger partial charge < -0.3 is 5.73 Å². The second-order valence-corrected chi connectivity index (χ2v) is 6.44. The van der Waals surface area contributed by atoms with Gasteiger partial charge in [-0.05, 0) is 53.6 Å². The number of hydrogen-bond acceptors (Lipinski definition) is 3. The number of thiophene rings is 1. The SMILES string of the molecule is Cc1cc(C(CN)N(C)Cc2ccsc2)ccc1Br. The molecule has 0 aliphatic rings. The van der Waals surface area contributed by atoms with Gasteiger partial charge in [0.1, 0.15) is 0 Å². The van der Waals surface area contributed by atoms with Crippen molar-refractivity contribution >= 4 is 27.3 Å². The van der Waals surface area contributed by atoms with Crippen LogP contribution < -0.4 is 5.73 Å². The van der Waals surface area contributed by atoms with Crippen molar-refractivity contribution in [1.82, 2.24) is 4.90 Å². The van der Waals surface area contributed by atoms with Crippen LogP contribution in [0.1, 0.15) is 22.7 Å². The molecule has 0 amide bonds. The first-order chi connectivity index (χ1) is 9.11. The number of aryl methyl sites for hydroxylation is 1. The smallest absolute Gasteiger partial charge is 0.0471 e. The highest BCUT2D eigenvalue weighted by Gasteiger charge is 2.16. The van der Waals surface area contributed by atoms with E-state index in [9.17, 15) is 0 Å². The second kappa shape index (κ2) is 6.66. The van der Waals surface area contributed by atoms with Gasteiger partial charge in [0, 0.05) is 23.6 Å². The van der Waals surface area contributed by atoms with Gasteiger partial charge in [-0.1, -0.05) is 28.1 Å². The van der Waals surface area contributed by atoms with Crippen LogP contribution in [0.25, 0.3) is 0 Å². The molecule has 102 valence electrons. The molecule has 2 N–H and O–H groups in total. The summed E-state index contributed by atoms with van der Waals surface area (Å²) >= 11 is 5.28. The third kappa shape index (κ3) is 3.66. The molecule has 0 saturated heterocycles.